The average molecular weight is 397 g/mol. The molecular formula is C16H23N5O7. The molecule has 0 radical (unpaired) electrons. The minimum absolute atomic E-state index is 0.0184. The van der Waals surface area contributed by atoms with Crippen LogP contribution in [0.4, 0.5) is 5.95 Å². The van der Waals surface area contributed by atoms with Crippen molar-refractivity contribution in [3.05, 3.63) is 16.7 Å². The van der Waals surface area contributed by atoms with Crippen LogP contribution < -0.4 is 11.3 Å². The van der Waals surface area contributed by atoms with Gasteiger partial charge in [-0.05, 0) is 13.8 Å². The van der Waals surface area contributed by atoms with Crippen molar-refractivity contribution in [3.8, 4) is 0 Å². The zero-order valence-electron chi connectivity index (χ0n) is 15.4. The molecule has 1 saturated heterocycles. The number of rotatable bonds is 7. The Morgan fingerprint density at radius 1 is 1.32 bits per heavy atom. The van der Waals surface area contributed by atoms with Crippen molar-refractivity contribution in [1.29, 1.82) is 0 Å². The van der Waals surface area contributed by atoms with Gasteiger partial charge >= 0.3 is 0 Å². The van der Waals surface area contributed by atoms with E-state index in [4.69, 9.17) is 19.9 Å². The number of hydrogen-bond acceptors (Lipinski definition) is 10. The van der Waals surface area contributed by atoms with Gasteiger partial charge in [0.1, 0.15) is 18.3 Å². The fourth-order valence-electron chi connectivity index (χ4n) is 3.60. The quantitative estimate of drug-likeness (QED) is 0.381. The summed E-state index contributed by atoms with van der Waals surface area (Å²) in [5, 5.41) is 30.2. The van der Waals surface area contributed by atoms with Crippen LogP contribution in [0.1, 0.15) is 20.1 Å². The highest BCUT2D eigenvalue weighted by Gasteiger charge is 2.76. The summed E-state index contributed by atoms with van der Waals surface area (Å²) in [5.41, 5.74) is 3.87. The van der Waals surface area contributed by atoms with Crippen LogP contribution in [-0.4, -0.2) is 77.8 Å². The molecule has 4 rings (SSSR count). The normalized spacial score (nSPS) is 31.6. The van der Waals surface area contributed by atoms with Crippen molar-refractivity contribution in [1.82, 2.24) is 19.1 Å². The van der Waals surface area contributed by atoms with E-state index in [2.05, 4.69) is 9.97 Å². The summed E-state index contributed by atoms with van der Waals surface area (Å²) in [4.78, 5) is 21.2. The molecule has 1 unspecified atom stereocenters. The van der Waals surface area contributed by atoms with Crippen molar-refractivity contribution in [2.75, 3.05) is 18.9 Å². The molecule has 12 heteroatoms. The van der Waals surface area contributed by atoms with E-state index in [0.717, 1.165) is 0 Å². The molecule has 28 heavy (non-hydrogen) atoms. The molecule has 0 bridgehead atoms. The van der Waals surface area contributed by atoms with E-state index < -0.39 is 42.0 Å². The number of aromatic nitrogens is 4. The van der Waals surface area contributed by atoms with Gasteiger partial charge in [-0.2, -0.15) is 4.98 Å². The predicted octanol–water partition coefficient (Wildman–Crippen LogP) is -2.06. The van der Waals surface area contributed by atoms with Gasteiger partial charge in [0, 0.05) is 13.2 Å². The Bertz CT molecular complexity index is 939. The molecular weight excluding hydrogens is 374 g/mol. The molecule has 2 aromatic rings. The van der Waals surface area contributed by atoms with Crippen LogP contribution in [0.5, 0.6) is 0 Å². The van der Waals surface area contributed by atoms with Crippen LogP contribution in [0.2, 0.25) is 0 Å². The van der Waals surface area contributed by atoms with E-state index >= 15 is 0 Å². The minimum atomic E-state index is -1.73. The van der Waals surface area contributed by atoms with E-state index in [1.807, 2.05) is 13.8 Å². The molecule has 0 amide bonds. The fraction of sp³-hybridized carbons (Fsp3) is 0.688. The van der Waals surface area contributed by atoms with Gasteiger partial charge in [-0.3, -0.25) is 13.9 Å². The molecule has 0 aromatic carbocycles. The minimum Gasteiger partial charge on any atom is -0.387 e. The maximum atomic E-state index is 12.9. The Morgan fingerprint density at radius 3 is 2.57 bits per heavy atom. The first kappa shape index (κ1) is 19.2. The Balaban J connectivity index is 1.68. The van der Waals surface area contributed by atoms with E-state index in [1.165, 1.54) is 15.5 Å². The summed E-state index contributed by atoms with van der Waals surface area (Å²) in [5.74, 6) is -0.0833. The smallest absolute Gasteiger partial charge is 0.283 e. The second-order valence-electron chi connectivity index (χ2n) is 6.77. The SMILES string of the molecule is CCOC(Cn1c(N)nc2c(ncn2[C@@H]2O[C@@H]3C(O)[C@]3(O)[C@H]2O)c1=O)OCC. The summed E-state index contributed by atoms with van der Waals surface area (Å²) in [6.45, 7) is 4.46. The predicted molar refractivity (Wildman–Crippen MR) is 94.1 cm³/mol. The highest BCUT2D eigenvalue weighted by Crippen LogP contribution is 2.53. The van der Waals surface area contributed by atoms with E-state index in [1.54, 1.807) is 0 Å². The van der Waals surface area contributed by atoms with Crippen molar-refractivity contribution in [2.24, 2.45) is 0 Å². The van der Waals surface area contributed by atoms with Crippen LogP contribution in [-0.2, 0) is 20.8 Å². The highest BCUT2D eigenvalue weighted by molar-refractivity contribution is 5.71. The number of anilines is 1. The van der Waals surface area contributed by atoms with Crippen LogP contribution >= 0.6 is 0 Å². The lowest BCUT2D eigenvalue weighted by molar-refractivity contribution is -0.143. The summed E-state index contributed by atoms with van der Waals surface area (Å²) in [7, 11) is 0. The number of ether oxygens (including phenoxy) is 3. The molecule has 0 spiro atoms. The molecule has 1 saturated carbocycles. The lowest BCUT2D eigenvalue weighted by Gasteiger charge is -2.22. The molecule has 1 aliphatic heterocycles. The number of aliphatic hydroxyl groups is 3. The van der Waals surface area contributed by atoms with Crippen LogP contribution in [0.25, 0.3) is 11.2 Å². The van der Waals surface area contributed by atoms with E-state index in [9.17, 15) is 20.1 Å². The zero-order chi connectivity index (χ0) is 20.2. The number of nitrogen functional groups attached to an aromatic ring is 1. The summed E-state index contributed by atoms with van der Waals surface area (Å²) in [6, 6.07) is 0. The Morgan fingerprint density at radius 2 is 2.00 bits per heavy atom. The number of aliphatic hydroxyl groups excluding tert-OH is 2. The number of fused-ring (bicyclic) bond motifs is 2. The largest absolute Gasteiger partial charge is 0.387 e. The first-order valence-corrected chi connectivity index (χ1v) is 9.04. The average Bonchev–Trinajstić information content (AvgIpc) is 2.96. The summed E-state index contributed by atoms with van der Waals surface area (Å²) < 4.78 is 18.9. The maximum Gasteiger partial charge on any atom is 0.283 e. The van der Waals surface area contributed by atoms with Crippen LogP contribution in [0.3, 0.4) is 0 Å². The maximum absolute atomic E-state index is 12.9. The second-order valence-corrected chi connectivity index (χ2v) is 6.77. The molecule has 5 N–H and O–H groups in total. The lowest BCUT2D eigenvalue weighted by Crippen LogP contribution is -2.37. The molecule has 5 atom stereocenters. The van der Waals surface area contributed by atoms with Crippen LogP contribution in [0.15, 0.2) is 11.1 Å². The van der Waals surface area contributed by atoms with Crippen molar-refractivity contribution >= 4 is 17.1 Å². The third kappa shape index (κ3) is 2.64. The van der Waals surface area contributed by atoms with Gasteiger partial charge in [0.25, 0.3) is 5.56 Å². The lowest BCUT2D eigenvalue weighted by atomic mass is 10.1. The van der Waals surface area contributed by atoms with Crippen molar-refractivity contribution in [3.63, 3.8) is 0 Å². The Kier molecular flexibility index (Phi) is 4.64. The van der Waals surface area contributed by atoms with Gasteiger partial charge in [0.15, 0.2) is 29.3 Å². The first-order valence-electron chi connectivity index (χ1n) is 9.04. The molecule has 3 heterocycles. The molecule has 1 aliphatic carbocycles. The molecule has 154 valence electrons. The monoisotopic (exact) mass is 397 g/mol. The third-order valence-electron chi connectivity index (χ3n) is 5.16. The van der Waals surface area contributed by atoms with Crippen LogP contribution in [0, 0.1) is 0 Å². The third-order valence-corrected chi connectivity index (χ3v) is 5.16. The van der Waals surface area contributed by atoms with E-state index in [-0.39, 0.29) is 23.7 Å². The molecule has 2 aliphatic rings. The summed E-state index contributed by atoms with van der Waals surface area (Å²) >= 11 is 0. The van der Waals surface area contributed by atoms with Gasteiger partial charge in [0.05, 0.1) is 12.9 Å². The standard InChI is InChI=1S/C16H23N5O7/c1-3-26-7(27-4-2)5-20-13(24)8-12(19-15(20)17)21(6-18-8)14-10(23)16(25)9(22)11(16)28-14/h6-7,9-11,14,22-23,25H,3-5H2,1-2H3,(H2,17,19)/t9?,10-,11+,14+,16-/m0/s1. The van der Waals surface area contributed by atoms with Gasteiger partial charge < -0.3 is 35.3 Å². The zero-order valence-corrected chi connectivity index (χ0v) is 15.4. The van der Waals surface area contributed by atoms with Gasteiger partial charge in [0.2, 0.25) is 5.95 Å². The van der Waals surface area contributed by atoms with Gasteiger partial charge in [-0.25, -0.2) is 4.98 Å². The topological polar surface area (TPSA) is 167 Å². The fourth-order valence-corrected chi connectivity index (χ4v) is 3.60. The number of imidazole rings is 1. The van der Waals surface area contributed by atoms with E-state index in [0.29, 0.717) is 13.2 Å². The first-order chi connectivity index (χ1) is 13.3. The molecule has 12 nitrogen and oxygen atoms in total. The second kappa shape index (κ2) is 6.76. The van der Waals surface area contributed by atoms with Gasteiger partial charge in [-0.1, -0.05) is 0 Å². The summed E-state index contributed by atoms with van der Waals surface area (Å²) in [6.07, 6.45) is -3.90. The van der Waals surface area contributed by atoms with Crippen molar-refractivity contribution in [2.45, 2.75) is 56.8 Å². The van der Waals surface area contributed by atoms with Gasteiger partial charge in [-0.15, -0.1) is 0 Å². The number of hydrogen-bond donors (Lipinski definition) is 4. The van der Waals surface area contributed by atoms with Crippen molar-refractivity contribution < 1.29 is 29.5 Å². The Hall–Kier alpha value is -2.09. The Labute approximate surface area is 159 Å². The number of nitrogens with zero attached hydrogens (tertiary/aromatic N) is 4. The number of nitrogens with two attached hydrogens (primary N) is 1. The highest BCUT2D eigenvalue weighted by atomic mass is 16.7. The molecule has 2 aromatic heterocycles. The molecule has 2 fully saturated rings.